The summed E-state index contributed by atoms with van der Waals surface area (Å²) in [6.07, 6.45) is 3.86. The third-order valence-corrected chi connectivity index (χ3v) is 3.77. The van der Waals surface area contributed by atoms with E-state index < -0.39 is 0 Å². The van der Waals surface area contributed by atoms with E-state index in [-0.39, 0.29) is 0 Å². The van der Waals surface area contributed by atoms with Crippen molar-refractivity contribution in [2.24, 2.45) is 0 Å². The van der Waals surface area contributed by atoms with Gasteiger partial charge in [-0.15, -0.1) is 0 Å². The van der Waals surface area contributed by atoms with E-state index in [1.54, 1.807) is 0 Å². The third kappa shape index (κ3) is 3.20. The van der Waals surface area contributed by atoms with Gasteiger partial charge in [0.15, 0.2) is 0 Å². The molecule has 0 atom stereocenters. The number of hydrogen-bond donors (Lipinski definition) is 1. The lowest BCUT2D eigenvalue weighted by Gasteiger charge is -2.02. The van der Waals surface area contributed by atoms with E-state index in [4.69, 9.17) is 11.6 Å². The molecule has 0 aliphatic rings. The van der Waals surface area contributed by atoms with Gasteiger partial charge in [-0.2, -0.15) is 0 Å². The first-order valence-electron chi connectivity index (χ1n) is 6.29. The molecule has 0 aliphatic heterocycles. The summed E-state index contributed by atoms with van der Waals surface area (Å²) in [7, 11) is 0. The highest BCUT2D eigenvalue weighted by Gasteiger charge is 2.02. The molecule has 2 aromatic heterocycles. The van der Waals surface area contributed by atoms with Crippen molar-refractivity contribution in [2.75, 3.05) is 0 Å². The summed E-state index contributed by atoms with van der Waals surface area (Å²) in [6.45, 7) is 1.55. The fourth-order valence-electron chi connectivity index (χ4n) is 2.04. The van der Waals surface area contributed by atoms with Crippen molar-refractivity contribution in [1.82, 2.24) is 14.7 Å². The van der Waals surface area contributed by atoms with Crippen LogP contribution in [0.15, 0.2) is 53.3 Å². The number of pyridine rings is 1. The standard InChI is InChI=1S/C15H13BrClN3/c16-12-3-1-11(2-4-12)7-18-8-14-10-20-9-13(17)5-6-15(20)19-14/h1-6,9-10,18H,7-8H2. The molecule has 0 spiro atoms. The summed E-state index contributed by atoms with van der Waals surface area (Å²) in [5.74, 6) is 0. The van der Waals surface area contributed by atoms with E-state index in [9.17, 15) is 0 Å². The number of aromatic nitrogens is 2. The number of benzene rings is 1. The molecule has 0 saturated heterocycles. The van der Waals surface area contributed by atoms with Gasteiger partial charge in [0.05, 0.1) is 10.7 Å². The minimum absolute atomic E-state index is 0.712. The Morgan fingerprint density at radius 3 is 2.65 bits per heavy atom. The van der Waals surface area contributed by atoms with Gasteiger partial charge < -0.3 is 9.72 Å². The van der Waals surface area contributed by atoms with Crippen LogP contribution < -0.4 is 5.32 Å². The largest absolute Gasteiger partial charge is 0.307 e. The SMILES string of the molecule is Clc1ccc2nc(CNCc3ccc(Br)cc3)cn2c1. The second-order valence-corrected chi connectivity index (χ2v) is 5.93. The molecular formula is C15H13BrClN3. The molecule has 3 nitrogen and oxygen atoms in total. The molecule has 0 aliphatic carbocycles. The highest BCUT2D eigenvalue weighted by molar-refractivity contribution is 9.10. The minimum Gasteiger partial charge on any atom is -0.307 e. The molecule has 3 rings (SSSR count). The summed E-state index contributed by atoms with van der Waals surface area (Å²) >= 11 is 9.39. The molecule has 0 fully saturated rings. The van der Waals surface area contributed by atoms with E-state index in [0.717, 1.165) is 28.9 Å². The first kappa shape index (κ1) is 13.6. The first-order chi connectivity index (χ1) is 9.70. The van der Waals surface area contributed by atoms with Crippen LogP contribution in [-0.4, -0.2) is 9.38 Å². The third-order valence-electron chi connectivity index (χ3n) is 3.01. The molecular weight excluding hydrogens is 338 g/mol. The molecule has 1 N–H and O–H groups in total. The highest BCUT2D eigenvalue weighted by atomic mass is 79.9. The van der Waals surface area contributed by atoms with Gasteiger partial charge in [-0.25, -0.2) is 4.98 Å². The van der Waals surface area contributed by atoms with Crippen molar-refractivity contribution < 1.29 is 0 Å². The number of rotatable bonds is 4. The number of fused-ring (bicyclic) bond motifs is 1. The number of halogens is 2. The molecule has 5 heteroatoms. The van der Waals surface area contributed by atoms with E-state index in [1.165, 1.54) is 5.56 Å². The lowest BCUT2D eigenvalue weighted by atomic mass is 10.2. The van der Waals surface area contributed by atoms with Gasteiger partial charge in [0.25, 0.3) is 0 Å². The van der Waals surface area contributed by atoms with Crippen molar-refractivity contribution in [1.29, 1.82) is 0 Å². The average Bonchev–Trinajstić information content (AvgIpc) is 2.83. The highest BCUT2D eigenvalue weighted by Crippen LogP contribution is 2.12. The Labute approximate surface area is 130 Å². The molecule has 102 valence electrons. The Morgan fingerprint density at radius 2 is 1.85 bits per heavy atom. The number of nitrogens with zero attached hydrogens (tertiary/aromatic N) is 2. The zero-order valence-corrected chi connectivity index (χ0v) is 13.0. The van der Waals surface area contributed by atoms with Crippen LogP contribution in [-0.2, 0) is 13.1 Å². The van der Waals surface area contributed by atoms with E-state index in [0.29, 0.717) is 5.02 Å². The maximum absolute atomic E-state index is 5.96. The number of imidazole rings is 1. The Balaban J connectivity index is 1.63. The summed E-state index contributed by atoms with van der Waals surface area (Å²) < 4.78 is 3.04. The first-order valence-corrected chi connectivity index (χ1v) is 7.46. The van der Waals surface area contributed by atoms with Gasteiger partial charge in [0.1, 0.15) is 5.65 Å². The second-order valence-electron chi connectivity index (χ2n) is 4.58. The fraction of sp³-hybridized carbons (Fsp3) is 0.133. The quantitative estimate of drug-likeness (QED) is 0.769. The Morgan fingerprint density at radius 1 is 1.05 bits per heavy atom. The summed E-state index contributed by atoms with van der Waals surface area (Å²) in [5, 5.41) is 4.10. The Kier molecular flexibility index (Phi) is 4.05. The smallest absolute Gasteiger partial charge is 0.137 e. The van der Waals surface area contributed by atoms with Gasteiger partial charge >= 0.3 is 0 Å². The van der Waals surface area contributed by atoms with Crippen LogP contribution in [0.4, 0.5) is 0 Å². The summed E-state index contributed by atoms with van der Waals surface area (Å²) in [4.78, 5) is 4.53. The topological polar surface area (TPSA) is 29.3 Å². The van der Waals surface area contributed by atoms with E-state index in [1.807, 2.05) is 41.1 Å². The number of hydrogen-bond acceptors (Lipinski definition) is 2. The number of nitrogens with one attached hydrogen (secondary N) is 1. The van der Waals surface area contributed by atoms with Crippen LogP contribution in [0.1, 0.15) is 11.3 Å². The second kappa shape index (κ2) is 5.95. The minimum atomic E-state index is 0.712. The lowest BCUT2D eigenvalue weighted by molar-refractivity contribution is 0.683. The molecule has 0 saturated carbocycles. The zero-order chi connectivity index (χ0) is 13.9. The zero-order valence-electron chi connectivity index (χ0n) is 10.7. The molecule has 1 aromatic carbocycles. The van der Waals surface area contributed by atoms with Crippen LogP contribution >= 0.6 is 27.5 Å². The van der Waals surface area contributed by atoms with Crippen LogP contribution in [0.5, 0.6) is 0 Å². The predicted molar refractivity (Wildman–Crippen MR) is 84.9 cm³/mol. The average molecular weight is 351 g/mol. The Bertz CT molecular complexity index is 722. The summed E-state index contributed by atoms with van der Waals surface area (Å²) in [5.41, 5.74) is 3.17. The van der Waals surface area contributed by atoms with Crippen molar-refractivity contribution in [3.63, 3.8) is 0 Å². The molecule has 0 amide bonds. The predicted octanol–water partition coefficient (Wildman–Crippen LogP) is 4.04. The molecule has 0 unspecified atom stereocenters. The van der Waals surface area contributed by atoms with Gasteiger partial charge in [-0.05, 0) is 29.8 Å². The van der Waals surface area contributed by atoms with Gasteiger partial charge in [0.2, 0.25) is 0 Å². The molecule has 3 aromatic rings. The van der Waals surface area contributed by atoms with Gasteiger partial charge in [-0.3, -0.25) is 0 Å². The van der Waals surface area contributed by atoms with Crippen LogP contribution in [0.2, 0.25) is 5.02 Å². The van der Waals surface area contributed by atoms with Crippen molar-refractivity contribution in [3.05, 3.63) is 69.5 Å². The molecule has 20 heavy (non-hydrogen) atoms. The van der Waals surface area contributed by atoms with Crippen molar-refractivity contribution >= 4 is 33.2 Å². The fourth-order valence-corrected chi connectivity index (χ4v) is 2.47. The van der Waals surface area contributed by atoms with Gasteiger partial charge in [0, 0.05) is 30.0 Å². The van der Waals surface area contributed by atoms with E-state index >= 15 is 0 Å². The molecule has 0 radical (unpaired) electrons. The monoisotopic (exact) mass is 349 g/mol. The van der Waals surface area contributed by atoms with Crippen molar-refractivity contribution in [2.45, 2.75) is 13.1 Å². The lowest BCUT2D eigenvalue weighted by Crippen LogP contribution is -2.12. The van der Waals surface area contributed by atoms with E-state index in [2.05, 4.69) is 38.4 Å². The van der Waals surface area contributed by atoms with Crippen LogP contribution in [0, 0.1) is 0 Å². The maximum Gasteiger partial charge on any atom is 0.137 e. The normalized spacial score (nSPS) is 11.1. The van der Waals surface area contributed by atoms with Gasteiger partial charge in [-0.1, -0.05) is 39.7 Å². The molecule has 0 bridgehead atoms. The van der Waals surface area contributed by atoms with Crippen molar-refractivity contribution in [3.8, 4) is 0 Å². The maximum atomic E-state index is 5.96. The van der Waals surface area contributed by atoms with Crippen LogP contribution in [0.25, 0.3) is 5.65 Å². The van der Waals surface area contributed by atoms with Crippen LogP contribution in [0.3, 0.4) is 0 Å². The summed E-state index contributed by atoms with van der Waals surface area (Å²) in [6, 6.07) is 12.1. The Hall–Kier alpha value is -1.36. The molecule has 2 heterocycles.